The maximum Gasteiger partial charge on any atom is 0.234 e. The van der Waals surface area contributed by atoms with Gasteiger partial charge in [-0.25, -0.2) is 4.98 Å². The molecule has 1 aromatic heterocycles. The van der Waals surface area contributed by atoms with Gasteiger partial charge in [-0.2, -0.15) is 4.37 Å². The number of ether oxygens (including phenoxy) is 1. The summed E-state index contributed by atoms with van der Waals surface area (Å²) in [6.07, 6.45) is 1.29. The van der Waals surface area contributed by atoms with Crippen molar-refractivity contribution in [3.8, 4) is 0 Å². The van der Waals surface area contributed by atoms with Crippen molar-refractivity contribution in [2.24, 2.45) is 0 Å². The molecule has 1 aromatic rings. The second-order valence-electron chi connectivity index (χ2n) is 2.87. The van der Waals surface area contributed by atoms with Gasteiger partial charge >= 0.3 is 0 Å². The molecule has 1 fully saturated rings. The van der Waals surface area contributed by atoms with E-state index in [-0.39, 0.29) is 6.10 Å². The zero-order valence-corrected chi connectivity index (χ0v) is 8.23. The molecule has 0 spiro atoms. The Hall–Kier alpha value is -0.190. The van der Waals surface area contributed by atoms with Crippen molar-refractivity contribution in [2.45, 2.75) is 25.4 Å². The zero-order chi connectivity index (χ0) is 8.55. The van der Waals surface area contributed by atoms with Crippen LogP contribution in [-0.2, 0) is 4.74 Å². The molecule has 1 aliphatic rings. The number of nitrogens with zero attached hydrogens (tertiary/aromatic N) is 2. The largest absolute Gasteiger partial charge is 0.378 e. The van der Waals surface area contributed by atoms with Crippen LogP contribution in [0.25, 0.3) is 0 Å². The lowest BCUT2D eigenvalue weighted by Gasteiger charge is -2.08. The second-order valence-corrected chi connectivity index (χ2v) is 3.99. The molecule has 0 radical (unpaired) electrons. The van der Waals surface area contributed by atoms with Gasteiger partial charge in [-0.05, 0) is 36.5 Å². The van der Waals surface area contributed by atoms with E-state index in [1.807, 2.05) is 0 Å². The molecule has 3 nitrogen and oxygen atoms in total. The van der Waals surface area contributed by atoms with Crippen molar-refractivity contribution >= 4 is 23.1 Å². The van der Waals surface area contributed by atoms with Crippen molar-refractivity contribution in [1.29, 1.82) is 0 Å². The molecule has 0 amide bonds. The molecule has 1 saturated heterocycles. The minimum atomic E-state index is 0.258. The first-order valence-electron chi connectivity index (χ1n) is 3.88. The molecule has 2 unspecified atom stereocenters. The first kappa shape index (κ1) is 8.41. The fourth-order valence-corrected chi connectivity index (χ4v) is 2.45. The third-order valence-electron chi connectivity index (χ3n) is 2.11. The predicted octanol–water partition coefficient (Wildman–Crippen LogP) is 2.08. The summed E-state index contributed by atoms with van der Waals surface area (Å²) in [5.41, 5.74) is 0. The van der Waals surface area contributed by atoms with E-state index in [1.165, 1.54) is 11.5 Å². The van der Waals surface area contributed by atoms with Crippen molar-refractivity contribution in [2.75, 3.05) is 6.61 Å². The molecule has 0 saturated carbocycles. The minimum absolute atomic E-state index is 0.258. The van der Waals surface area contributed by atoms with Crippen LogP contribution in [0, 0.1) is 0 Å². The van der Waals surface area contributed by atoms with E-state index < -0.39 is 0 Å². The summed E-state index contributed by atoms with van der Waals surface area (Å²) < 4.78 is 9.36. The normalized spacial score (nSPS) is 29.5. The van der Waals surface area contributed by atoms with Crippen LogP contribution in [-0.4, -0.2) is 22.1 Å². The van der Waals surface area contributed by atoms with Crippen molar-refractivity contribution < 1.29 is 4.74 Å². The average molecular weight is 205 g/mol. The fourth-order valence-electron chi connectivity index (χ4n) is 1.42. The van der Waals surface area contributed by atoms with Crippen molar-refractivity contribution in [1.82, 2.24) is 9.36 Å². The van der Waals surface area contributed by atoms with E-state index in [9.17, 15) is 0 Å². The highest BCUT2D eigenvalue weighted by Crippen LogP contribution is 2.32. The third-order valence-corrected chi connectivity index (χ3v) is 3.22. The lowest BCUT2D eigenvalue weighted by molar-refractivity contribution is 0.118. The molecular weight excluding hydrogens is 196 g/mol. The number of hydrogen-bond acceptors (Lipinski definition) is 4. The Morgan fingerprint density at radius 1 is 1.67 bits per heavy atom. The molecule has 66 valence electrons. The highest BCUT2D eigenvalue weighted by atomic mass is 35.5. The van der Waals surface area contributed by atoms with E-state index in [4.69, 9.17) is 16.3 Å². The van der Waals surface area contributed by atoms with Crippen molar-refractivity contribution in [3.05, 3.63) is 10.3 Å². The van der Waals surface area contributed by atoms with E-state index in [1.54, 1.807) is 0 Å². The van der Waals surface area contributed by atoms with E-state index in [0.29, 0.717) is 11.2 Å². The van der Waals surface area contributed by atoms with Crippen LogP contribution in [0.5, 0.6) is 0 Å². The van der Waals surface area contributed by atoms with Crippen LogP contribution in [0.3, 0.4) is 0 Å². The molecule has 2 heterocycles. The molecule has 12 heavy (non-hydrogen) atoms. The zero-order valence-electron chi connectivity index (χ0n) is 6.66. The van der Waals surface area contributed by atoms with Crippen LogP contribution in [0.1, 0.15) is 24.3 Å². The first-order valence-corrected chi connectivity index (χ1v) is 5.03. The monoisotopic (exact) mass is 204 g/mol. The number of hydrogen-bond donors (Lipinski definition) is 0. The van der Waals surface area contributed by atoms with Crippen LogP contribution in [0.2, 0.25) is 5.28 Å². The maximum absolute atomic E-state index is 5.63. The van der Waals surface area contributed by atoms with Crippen LogP contribution < -0.4 is 0 Å². The van der Waals surface area contributed by atoms with E-state index >= 15 is 0 Å². The second kappa shape index (κ2) is 3.28. The summed E-state index contributed by atoms with van der Waals surface area (Å²) >= 11 is 7.01. The van der Waals surface area contributed by atoms with Gasteiger partial charge in [-0.3, -0.25) is 0 Å². The Morgan fingerprint density at radius 2 is 2.50 bits per heavy atom. The topological polar surface area (TPSA) is 35.0 Å². The maximum atomic E-state index is 5.63. The standard InChI is InChI=1S/C7H9ClN2OS/c1-4-5(2-3-11-4)6-9-7(8)10-12-6/h4-5H,2-3H2,1H3. The van der Waals surface area contributed by atoms with Gasteiger partial charge in [0.2, 0.25) is 5.28 Å². The Bertz CT molecular complexity index is 278. The van der Waals surface area contributed by atoms with Gasteiger partial charge in [0.1, 0.15) is 5.01 Å². The Kier molecular flexibility index (Phi) is 2.30. The van der Waals surface area contributed by atoms with Gasteiger partial charge < -0.3 is 4.74 Å². The van der Waals surface area contributed by atoms with Crippen molar-refractivity contribution in [3.63, 3.8) is 0 Å². The van der Waals surface area contributed by atoms with E-state index in [0.717, 1.165) is 18.0 Å². The Morgan fingerprint density at radius 3 is 3.00 bits per heavy atom. The number of rotatable bonds is 1. The first-order chi connectivity index (χ1) is 5.77. The van der Waals surface area contributed by atoms with Gasteiger partial charge in [-0.1, -0.05) is 0 Å². The molecule has 0 aromatic carbocycles. The fraction of sp³-hybridized carbons (Fsp3) is 0.714. The molecule has 2 atom stereocenters. The van der Waals surface area contributed by atoms with E-state index in [2.05, 4.69) is 16.3 Å². The average Bonchev–Trinajstić information content (AvgIpc) is 2.58. The molecule has 2 rings (SSSR count). The summed E-state index contributed by atoms with van der Waals surface area (Å²) in [6.45, 7) is 2.88. The summed E-state index contributed by atoms with van der Waals surface area (Å²) in [4.78, 5) is 4.14. The molecule has 0 N–H and O–H groups in total. The quantitative estimate of drug-likeness (QED) is 0.703. The lowest BCUT2D eigenvalue weighted by atomic mass is 10.0. The number of aromatic nitrogens is 2. The van der Waals surface area contributed by atoms with Gasteiger partial charge in [0.15, 0.2) is 0 Å². The summed E-state index contributed by atoms with van der Waals surface area (Å²) in [7, 11) is 0. The molecule has 1 aliphatic heterocycles. The molecule has 0 aliphatic carbocycles. The van der Waals surface area contributed by atoms with Gasteiger partial charge in [-0.15, -0.1) is 0 Å². The van der Waals surface area contributed by atoms with Gasteiger partial charge in [0.25, 0.3) is 0 Å². The highest BCUT2D eigenvalue weighted by Gasteiger charge is 2.28. The Labute approximate surface area is 79.9 Å². The third kappa shape index (κ3) is 1.46. The van der Waals surface area contributed by atoms with Gasteiger partial charge in [0.05, 0.1) is 6.10 Å². The molecular formula is C7H9ClN2OS. The Balaban J connectivity index is 2.19. The summed E-state index contributed by atoms with van der Waals surface area (Å²) in [5, 5.41) is 1.36. The number of halogens is 1. The minimum Gasteiger partial charge on any atom is -0.378 e. The summed E-state index contributed by atoms with van der Waals surface area (Å²) in [6, 6.07) is 0. The highest BCUT2D eigenvalue weighted by molar-refractivity contribution is 7.05. The summed E-state index contributed by atoms with van der Waals surface area (Å²) in [5.74, 6) is 0.398. The smallest absolute Gasteiger partial charge is 0.234 e. The SMILES string of the molecule is CC1OCCC1c1nc(Cl)ns1. The molecule has 5 heteroatoms. The van der Waals surface area contributed by atoms with Crippen LogP contribution in [0.4, 0.5) is 0 Å². The lowest BCUT2D eigenvalue weighted by Crippen LogP contribution is -2.08. The van der Waals surface area contributed by atoms with Crippen LogP contribution in [0.15, 0.2) is 0 Å². The predicted molar refractivity (Wildman–Crippen MR) is 47.7 cm³/mol. The van der Waals surface area contributed by atoms with Gasteiger partial charge in [0, 0.05) is 12.5 Å². The molecule has 0 bridgehead atoms. The van der Waals surface area contributed by atoms with Crippen LogP contribution >= 0.6 is 23.1 Å².